The van der Waals surface area contributed by atoms with Crippen molar-refractivity contribution >= 4 is 23.4 Å². The molecule has 5 rings (SSSR count). The van der Waals surface area contributed by atoms with Crippen molar-refractivity contribution in [3.05, 3.63) is 59.9 Å². The van der Waals surface area contributed by atoms with Crippen molar-refractivity contribution in [1.82, 2.24) is 19.9 Å². The Morgan fingerprint density at radius 1 is 1.09 bits per heavy atom. The Balaban J connectivity index is 1.52. The van der Waals surface area contributed by atoms with Gasteiger partial charge in [-0.25, -0.2) is 9.78 Å². The molecule has 0 saturated carbocycles. The predicted octanol–water partition coefficient (Wildman–Crippen LogP) is 2.79. The first-order valence-corrected chi connectivity index (χ1v) is 11.9. The number of benzene rings is 1. The van der Waals surface area contributed by atoms with Gasteiger partial charge in [0, 0.05) is 55.4 Å². The SMILES string of the molecule is CN(C)CCOC(=O)c1cccc(-c2nc(N3CCOCC3)nc3c2CCN3c2ccncc2)c1. The topological polar surface area (TPSA) is 83.9 Å². The third-order valence-electron chi connectivity index (χ3n) is 6.23. The Morgan fingerprint density at radius 2 is 1.89 bits per heavy atom. The third kappa shape index (κ3) is 5.11. The number of morpholine rings is 1. The highest BCUT2D eigenvalue weighted by Gasteiger charge is 2.29. The monoisotopic (exact) mass is 474 g/mol. The Hall–Kier alpha value is -3.56. The molecule has 2 aliphatic rings. The number of esters is 1. The molecule has 0 spiro atoms. The minimum atomic E-state index is -0.328. The molecule has 0 atom stereocenters. The van der Waals surface area contributed by atoms with Crippen molar-refractivity contribution in [3.8, 4) is 11.3 Å². The van der Waals surface area contributed by atoms with E-state index < -0.39 is 0 Å². The Bertz CT molecular complexity index is 1180. The lowest BCUT2D eigenvalue weighted by molar-refractivity contribution is 0.0482. The fraction of sp³-hybridized carbons (Fsp3) is 0.385. The van der Waals surface area contributed by atoms with E-state index in [4.69, 9.17) is 19.4 Å². The minimum absolute atomic E-state index is 0.328. The summed E-state index contributed by atoms with van der Waals surface area (Å²) in [5, 5.41) is 0. The second kappa shape index (κ2) is 10.4. The van der Waals surface area contributed by atoms with Gasteiger partial charge in [0.25, 0.3) is 0 Å². The van der Waals surface area contributed by atoms with Crippen LogP contribution >= 0.6 is 0 Å². The smallest absolute Gasteiger partial charge is 0.338 e. The number of aromatic nitrogens is 3. The number of fused-ring (bicyclic) bond motifs is 1. The van der Waals surface area contributed by atoms with Crippen LogP contribution in [0.2, 0.25) is 0 Å². The molecule has 3 aromatic rings. The van der Waals surface area contributed by atoms with Crippen molar-refractivity contribution in [2.24, 2.45) is 0 Å². The highest BCUT2D eigenvalue weighted by atomic mass is 16.5. The summed E-state index contributed by atoms with van der Waals surface area (Å²) >= 11 is 0. The summed E-state index contributed by atoms with van der Waals surface area (Å²) in [5.41, 5.74) is 4.39. The van der Waals surface area contributed by atoms with E-state index >= 15 is 0 Å². The first-order valence-electron chi connectivity index (χ1n) is 11.9. The molecule has 0 unspecified atom stereocenters. The normalized spacial score (nSPS) is 15.4. The van der Waals surface area contributed by atoms with Crippen molar-refractivity contribution in [2.45, 2.75) is 6.42 Å². The second-order valence-electron chi connectivity index (χ2n) is 8.90. The molecule has 4 heterocycles. The van der Waals surface area contributed by atoms with Crippen molar-refractivity contribution in [2.75, 3.05) is 69.9 Å². The molecule has 35 heavy (non-hydrogen) atoms. The number of anilines is 3. The van der Waals surface area contributed by atoms with Gasteiger partial charge in [-0.05, 0) is 44.8 Å². The van der Waals surface area contributed by atoms with Crippen molar-refractivity contribution < 1.29 is 14.3 Å². The first kappa shape index (κ1) is 23.2. The van der Waals surface area contributed by atoms with E-state index in [9.17, 15) is 4.79 Å². The molecule has 0 radical (unpaired) electrons. The van der Waals surface area contributed by atoms with E-state index in [2.05, 4.69) is 14.8 Å². The van der Waals surface area contributed by atoms with Gasteiger partial charge >= 0.3 is 5.97 Å². The maximum absolute atomic E-state index is 12.7. The number of ether oxygens (including phenoxy) is 2. The van der Waals surface area contributed by atoms with Gasteiger partial charge in [0.05, 0.1) is 24.5 Å². The molecule has 9 heteroatoms. The van der Waals surface area contributed by atoms with Gasteiger partial charge < -0.3 is 24.2 Å². The number of carbonyl (C=O) groups excluding carboxylic acids is 1. The van der Waals surface area contributed by atoms with E-state index in [1.807, 2.05) is 49.3 Å². The number of hydrogen-bond donors (Lipinski definition) is 0. The van der Waals surface area contributed by atoms with Crippen LogP contribution in [0.1, 0.15) is 15.9 Å². The van der Waals surface area contributed by atoms with Gasteiger partial charge in [0.15, 0.2) is 0 Å². The minimum Gasteiger partial charge on any atom is -0.461 e. The summed E-state index contributed by atoms with van der Waals surface area (Å²) in [6, 6.07) is 11.5. The second-order valence-corrected chi connectivity index (χ2v) is 8.90. The number of pyridine rings is 1. The Kier molecular flexibility index (Phi) is 6.87. The van der Waals surface area contributed by atoms with Gasteiger partial charge in [0.1, 0.15) is 12.4 Å². The molecule has 9 nitrogen and oxygen atoms in total. The largest absolute Gasteiger partial charge is 0.461 e. The molecular formula is C26H30N6O3. The summed E-state index contributed by atoms with van der Waals surface area (Å²) in [6.07, 6.45) is 4.40. The van der Waals surface area contributed by atoms with E-state index in [-0.39, 0.29) is 5.97 Å². The van der Waals surface area contributed by atoms with E-state index in [1.54, 1.807) is 18.5 Å². The van der Waals surface area contributed by atoms with Crippen molar-refractivity contribution in [1.29, 1.82) is 0 Å². The van der Waals surface area contributed by atoms with E-state index in [0.29, 0.717) is 37.9 Å². The van der Waals surface area contributed by atoms with Gasteiger partial charge in [-0.1, -0.05) is 12.1 Å². The number of hydrogen-bond acceptors (Lipinski definition) is 9. The summed E-state index contributed by atoms with van der Waals surface area (Å²) < 4.78 is 11.0. The van der Waals surface area contributed by atoms with Crippen LogP contribution in [0.5, 0.6) is 0 Å². The summed E-state index contributed by atoms with van der Waals surface area (Å²) in [4.78, 5) is 33.2. The summed E-state index contributed by atoms with van der Waals surface area (Å²) in [6.45, 7) is 4.62. The summed E-state index contributed by atoms with van der Waals surface area (Å²) in [7, 11) is 3.90. The molecule has 1 fully saturated rings. The fourth-order valence-corrected chi connectivity index (χ4v) is 4.36. The molecule has 182 valence electrons. The molecule has 2 aromatic heterocycles. The van der Waals surface area contributed by atoms with Gasteiger partial charge in [-0.2, -0.15) is 4.98 Å². The predicted molar refractivity (Wildman–Crippen MR) is 134 cm³/mol. The quantitative estimate of drug-likeness (QED) is 0.480. The van der Waals surface area contributed by atoms with Gasteiger partial charge in [0.2, 0.25) is 5.95 Å². The molecule has 0 N–H and O–H groups in total. The van der Waals surface area contributed by atoms with E-state index in [1.165, 1.54) is 0 Å². The Labute approximate surface area is 205 Å². The zero-order chi connectivity index (χ0) is 24.2. The standard InChI is InChI=1S/C26H30N6O3/c1-30(2)12-17-35-25(33)20-5-3-4-19(18-20)23-22-8-11-32(21-6-9-27-10-7-21)24(22)29-26(28-23)31-13-15-34-16-14-31/h3-7,9-10,18H,8,11-17H2,1-2H3. The maximum atomic E-state index is 12.7. The number of nitrogens with zero attached hydrogens (tertiary/aromatic N) is 6. The Morgan fingerprint density at radius 3 is 2.66 bits per heavy atom. The highest BCUT2D eigenvalue weighted by Crippen LogP contribution is 2.39. The number of likely N-dealkylation sites (N-methyl/N-ethyl adjacent to an activating group) is 1. The lowest BCUT2D eigenvalue weighted by Crippen LogP contribution is -2.37. The zero-order valence-corrected chi connectivity index (χ0v) is 20.2. The van der Waals surface area contributed by atoms with Crippen LogP contribution < -0.4 is 9.80 Å². The van der Waals surface area contributed by atoms with Crippen LogP contribution in [-0.4, -0.2) is 85.9 Å². The summed E-state index contributed by atoms with van der Waals surface area (Å²) in [5.74, 6) is 1.26. The average molecular weight is 475 g/mol. The van der Waals surface area contributed by atoms with Crippen LogP contribution in [0.25, 0.3) is 11.3 Å². The molecule has 2 aliphatic heterocycles. The average Bonchev–Trinajstić information content (AvgIpc) is 3.33. The third-order valence-corrected chi connectivity index (χ3v) is 6.23. The lowest BCUT2D eigenvalue weighted by atomic mass is 10.0. The van der Waals surface area contributed by atoms with Gasteiger partial charge in [-0.15, -0.1) is 0 Å². The number of rotatable bonds is 7. The lowest BCUT2D eigenvalue weighted by Gasteiger charge is -2.28. The fourth-order valence-electron chi connectivity index (χ4n) is 4.36. The van der Waals surface area contributed by atoms with Crippen LogP contribution in [0, 0.1) is 0 Å². The molecule has 1 saturated heterocycles. The maximum Gasteiger partial charge on any atom is 0.338 e. The zero-order valence-electron chi connectivity index (χ0n) is 20.2. The molecule has 0 bridgehead atoms. The van der Waals surface area contributed by atoms with Crippen LogP contribution in [0.15, 0.2) is 48.8 Å². The first-order chi connectivity index (χ1) is 17.1. The number of carbonyl (C=O) groups is 1. The molecule has 0 amide bonds. The molecular weight excluding hydrogens is 444 g/mol. The highest BCUT2D eigenvalue weighted by molar-refractivity contribution is 5.91. The van der Waals surface area contributed by atoms with Gasteiger partial charge in [-0.3, -0.25) is 4.98 Å². The van der Waals surface area contributed by atoms with Crippen LogP contribution in [-0.2, 0) is 15.9 Å². The molecule has 0 aliphatic carbocycles. The van der Waals surface area contributed by atoms with Crippen LogP contribution in [0.3, 0.4) is 0 Å². The van der Waals surface area contributed by atoms with Crippen LogP contribution in [0.4, 0.5) is 17.5 Å². The van der Waals surface area contributed by atoms with E-state index in [0.717, 1.165) is 54.4 Å². The molecule has 1 aromatic carbocycles. The van der Waals surface area contributed by atoms with Crippen molar-refractivity contribution in [3.63, 3.8) is 0 Å².